The van der Waals surface area contributed by atoms with Crippen molar-refractivity contribution in [2.45, 2.75) is 11.8 Å². The van der Waals surface area contributed by atoms with Crippen molar-refractivity contribution in [3.05, 3.63) is 29.3 Å². The Morgan fingerprint density at radius 3 is 2.63 bits per heavy atom. The number of morpholine rings is 1. The minimum atomic E-state index is -3.60. The summed E-state index contributed by atoms with van der Waals surface area (Å²) >= 11 is 0. The Bertz CT molecular complexity index is 601. The summed E-state index contributed by atoms with van der Waals surface area (Å²) in [5.41, 5.74) is 1.12. The number of nitrogens with zero attached hydrogens (tertiary/aromatic N) is 2. The number of hydrazine groups is 1. The van der Waals surface area contributed by atoms with Crippen molar-refractivity contribution in [3.8, 4) is 6.07 Å². The van der Waals surface area contributed by atoms with E-state index in [0.29, 0.717) is 37.4 Å². The minimum Gasteiger partial charge on any atom is -0.379 e. The number of rotatable bonds is 3. The molecule has 0 unspecified atom stereocenters. The van der Waals surface area contributed by atoms with Crippen molar-refractivity contribution < 1.29 is 13.2 Å². The van der Waals surface area contributed by atoms with E-state index >= 15 is 0 Å². The van der Waals surface area contributed by atoms with Gasteiger partial charge in [-0.15, -0.1) is 4.83 Å². The molecule has 1 heterocycles. The van der Waals surface area contributed by atoms with Gasteiger partial charge in [0.2, 0.25) is 0 Å². The predicted octanol–water partition coefficient (Wildman–Crippen LogP) is 0.392. The summed E-state index contributed by atoms with van der Waals surface area (Å²) in [6.07, 6.45) is 0. The summed E-state index contributed by atoms with van der Waals surface area (Å²) in [4.78, 5) is 2.68. The fourth-order valence-electron chi connectivity index (χ4n) is 1.81. The first-order valence-corrected chi connectivity index (χ1v) is 7.37. The highest BCUT2D eigenvalue weighted by Crippen LogP contribution is 2.15. The van der Waals surface area contributed by atoms with Crippen LogP contribution in [0.15, 0.2) is 23.1 Å². The maximum atomic E-state index is 12.2. The molecule has 19 heavy (non-hydrogen) atoms. The molecule has 102 valence electrons. The largest absolute Gasteiger partial charge is 0.379 e. The molecular weight excluding hydrogens is 266 g/mol. The number of sulfonamides is 1. The molecule has 0 saturated carbocycles. The van der Waals surface area contributed by atoms with Gasteiger partial charge in [0.05, 0.1) is 29.7 Å². The monoisotopic (exact) mass is 281 g/mol. The van der Waals surface area contributed by atoms with Crippen LogP contribution in [0.4, 0.5) is 0 Å². The molecule has 1 N–H and O–H groups in total. The van der Waals surface area contributed by atoms with Gasteiger partial charge in [-0.05, 0) is 30.7 Å². The molecule has 1 aromatic carbocycles. The van der Waals surface area contributed by atoms with Crippen LogP contribution in [-0.2, 0) is 14.8 Å². The summed E-state index contributed by atoms with van der Waals surface area (Å²) in [5, 5.41) is 10.5. The first kappa shape index (κ1) is 14.0. The molecule has 0 radical (unpaired) electrons. The molecule has 0 bridgehead atoms. The molecule has 2 rings (SSSR count). The Balaban J connectivity index is 2.19. The van der Waals surface area contributed by atoms with Gasteiger partial charge >= 0.3 is 0 Å². The van der Waals surface area contributed by atoms with Crippen LogP contribution < -0.4 is 4.83 Å². The van der Waals surface area contributed by atoms with Crippen LogP contribution in [0.25, 0.3) is 0 Å². The molecule has 0 amide bonds. The van der Waals surface area contributed by atoms with E-state index in [9.17, 15) is 8.42 Å². The van der Waals surface area contributed by atoms with Gasteiger partial charge < -0.3 is 4.74 Å². The van der Waals surface area contributed by atoms with E-state index in [1.807, 2.05) is 6.07 Å². The van der Waals surface area contributed by atoms with Gasteiger partial charge in [0, 0.05) is 13.1 Å². The molecule has 0 aliphatic carbocycles. The summed E-state index contributed by atoms with van der Waals surface area (Å²) < 4.78 is 29.5. The Labute approximate surface area is 112 Å². The Kier molecular flexibility index (Phi) is 4.17. The van der Waals surface area contributed by atoms with Gasteiger partial charge in [0.25, 0.3) is 10.0 Å². The van der Waals surface area contributed by atoms with Crippen LogP contribution in [-0.4, -0.2) is 39.7 Å². The predicted molar refractivity (Wildman–Crippen MR) is 68.6 cm³/mol. The highest BCUT2D eigenvalue weighted by molar-refractivity contribution is 7.89. The summed E-state index contributed by atoms with van der Waals surface area (Å²) in [6.45, 7) is 3.78. The van der Waals surface area contributed by atoms with Crippen molar-refractivity contribution >= 4 is 10.0 Å². The number of ether oxygens (including phenoxy) is 1. The van der Waals surface area contributed by atoms with Crippen LogP contribution in [0.3, 0.4) is 0 Å². The molecule has 0 aromatic heterocycles. The van der Waals surface area contributed by atoms with E-state index in [1.54, 1.807) is 11.9 Å². The highest BCUT2D eigenvalue weighted by atomic mass is 32.2. The van der Waals surface area contributed by atoms with E-state index in [4.69, 9.17) is 10.00 Å². The lowest BCUT2D eigenvalue weighted by Gasteiger charge is -2.26. The minimum absolute atomic E-state index is 0.162. The zero-order chi connectivity index (χ0) is 13.9. The van der Waals surface area contributed by atoms with Gasteiger partial charge in [-0.25, -0.2) is 13.4 Å². The van der Waals surface area contributed by atoms with Crippen LogP contribution in [0.2, 0.25) is 0 Å². The van der Waals surface area contributed by atoms with E-state index in [-0.39, 0.29) is 4.90 Å². The molecule has 7 heteroatoms. The number of nitrogens with one attached hydrogen (secondary N) is 1. The van der Waals surface area contributed by atoms with Gasteiger partial charge in [-0.3, -0.25) is 0 Å². The molecule has 0 spiro atoms. The van der Waals surface area contributed by atoms with Crippen molar-refractivity contribution in [1.29, 1.82) is 5.26 Å². The van der Waals surface area contributed by atoms with Crippen molar-refractivity contribution in [2.75, 3.05) is 26.3 Å². The summed E-state index contributed by atoms with van der Waals surface area (Å²) in [5.74, 6) is 0. The molecule has 1 aliphatic heterocycles. The maximum absolute atomic E-state index is 12.2. The molecule has 0 atom stereocenters. The molecule has 1 aliphatic rings. The topological polar surface area (TPSA) is 82.4 Å². The van der Waals surface area contributed by atoms with E-state index in [2.05, 4.69) is 4.83 Å². The van der Waals surface area contributed by atoms with E-state index < -0.39 is 10.0 Å². The van der Waals surface area contributed by atoms with E-state index in [1.165, 1.54) is 18.2 Å². The second-order valence-electron chi connectivity index (χ2n) is 4.28. The number of hydrogen-bond acceptors (Lipinski definition) is 5. The van der Waals surface area contributed by atoms with Crippen molar-refractivity contribution in [2.24, 2.45) is 0 Å². The second-order valence-corrected chi connectivity index (χ2v) is 5.94. The van der Waals surface area contributed by atoms with Crippen molar-refractivity contribution in [1.82, 2.24) is 9.84 Å². The van der Waals surface area contributed by atoms with Gasteiger partial charge in [-0.1, -0.05) is 0 Å². The lowest BCUT2D eigenvalue weighted by atomic mass is 10.1. The zero-order valence-corrected chi connectivity index (χ0v) is 11.4. The van der Waals surface area contributed by atoms with Crippen molar-refractivity contribution in [3.63, 3.8) is 0 Å². The molecule has 6 nitrogen and oxygen atoms in total. The fourth-order valence-corrected chi connectivity index (χ4v) is 3.01. The third kappa shape index (κ3) is 3.30. The average Bonchev–Trinajstić information content (AvgIpc) is 2.39. The molecule has 1 fully saturated rings. The lowest BCUT2D eigenvalue weighted by molar-refractivity contribution is 0.0272. The van der Waals surface area contributed by atoms with Gasteiger partial charge in [0.1, 0.15) is 0 Å². The first-order chi connectivity index (χ1) is 9.03. The average molecular weight is 281 g/mol. The zero-order valence-electron chi connectivity index (χ0n) is 10.6. The Morgan fingerprint density at radius 2 is 2.05 bits per heavy atom. The second kappa shape index (κ2) is 5.67. The van der Waals surface area contributed by atoms with Crippen LogP contribution >= 0.6 is 0 Å². The number of aryl methyl sites for hydroxylation is 1. The summed E-state index contributed by atoms with van der Waals surface area (Å²) in [7, 11) is -3.60. The Hall–Kier alpha value is -1.46. The molecular formula is C12H15N3O3S. The Morgan fingerprint density at radius 1 is 1.37 bits per heavy atom. The third-order valence-corrected chi connectivity index (χ3v) is 4.26. The maximum Gasteiger partial charge on any atom is 0.253 e. The van der Waals surface area contributed by atoms with Gasteiger partial charge in [-0.2, -0.15) is 5.26 Å². The first-order valence-electron chi connectivity index (χ1n) is 5.89. The molecule has 1 saturated heterocycles. The van der Waals surface area contributed by atoms with Crippen LogP contribution in [0, 0.1) is 18.3 Å². The molecule has 1 aromatic rings. The van der Waals surface area contributed by atoms with Crippen LogP contribution in [0.1, 0.15) is 11.1 Å². The number of benzene rings is 1. The van der Waals surface area contributed by atoms with Crippen LogP contribution in [0.5, 0.6) is 0 Å². The number of hydrogen-bond donors (Lipinski definition) is 1. The number of nitriles is 1. The third-order valence-electron chi connectivity index (χ3n) is 2.89. The van der Waals surface area contributed by atoms with Gasteiger partial charge in [0.15, 0.2) is 0 Å². The highest BCUT2D eigenvalue weighted by Gasteiger charge is 2.20. The van der Waals surface area contributed by atoms with E-state index in [0.717, 1.165) is 0 Å². The fraction of sp³-hybridized carbons (Fsp3) is 0.417. The summed E-state index contributed by atoms with van der Waals surface area (Å²) in [6, 6.07) is 6.47. The standard InChI is InChI=1S/C12H15N3O3S/c1-10-8-12(3-2-11(10)9-13)19(16,17)14-15-4-6-18-7-5-15/h2-3,8,14H,4-7H2,1H3. The lowest BCUT2D eigenvalue weighted by Crippen LogP contribution is -2.48. The normalized spacial score (nSPS) is 17.1. The smallest absolute Gasteiger partial charge is 0.253 e. The SMILES string of the molecule is Cc1cc(S(=O)(=O)NN2CCOCC2)ccc1C#N. The quantitative estimate of drug-likeness (QED) is 0.866.